The Morgan fingerprint density at radius 3 is 2.83 bits per heavy atom. The molecule has 12 heavy (non-hydrogen) atoms. The van der Waals surface area contributed by atoms with Crippen LogP contribution in [-0.4, -0.2) is 19.7 Å². The smallest absolute Gasteiger partial charge is 0.293 e. The van der Waals surface area contributed by atoms with Crippen LogP contribution in [-0.2, 0) is 7.05 Å². The second kappa shape index (κ2) is 2.44. The van der Waals surface area contributed by atoms with Crippen molar-refractivity contribution in [3.63, 3.8) is 0 Å². The molecule has 0 aliphatic heterocycles. The minimum Gasteiger partial charge on any atom is -0.331 e. The van der Waals surface area contributed by atoms with Crippen molar-refractivity contribution < 1.29 is 4.52 Å². The first-order chi connectivity index (χ1) is 5.77. The molecule has 2 aromatic rings. The van der Waals surface area contributed by atoms with E-state index in [1.807, 2.05) is 17.8 Å². The molecule has 0 saturated heterocycles. The van der Waals surface area contributed by atoms with Crippen LogP contribution >= 0.6 is 0 Å². The zero-order valence-corrected chi connectivity index (χ0v) is 6.85. The van der Waals surface area contributed by atoms with Gasteiger partial charge in [-0.2, -0.15) is 4.98 Å². The lowest BCUT2D eigenvalue weighted by Gasteiger charge is -1.92. The first kappa shape index (κ1) is 7.02. The lowest BCUT2D eigenvalue weighted by atomic mass is 10.6. The molecule has 0 atom stereocenters. The average Bonchev–Trinajstić information content (AvgIpc) is 2.58. The normalized spacial score (nSPS) is 10.5. The van der Waals surface area contributed by atoms with E-state index in [1.54, 1.807) is 13.1 Å². The number of hydrogen-bond acceptors (Lipinski definition) is 4. The van der Waals surface area contributed by atoms with Crippen LogP contribution < -0.4 is 0 Å². The van der Waals surface area contributed by atoms with Gasteiger partial charge in [-0.15, -0.1) is 0 Å². The number of imidazole rings is 1. The summed E-state index contributed by atoms with van der Waals surface area (Å²) in [5.74, 6) is 1.77. The van der Waals surface area contributed by atoms with E-state index in [-0.39, 0.29) is 0 Å². The third-order valence-corrected chi connectivity index (χ3v) is 1.54. The van der Waals surface area contributed by atoms with Crippen molar-refractivity contribution >= 4 is 0 Å². The van der Waals surface area contributed by atoms with Crippen LogP contribution in [0.1, 0.15) is 5.82 Å². The first-order valence-corrected chi connectivity index (χ1v) is 3.55. The van der Waals surface area contributed by atoms with Gasteiger partial charge in [-0.1, -0.05) is 5.16 Å². The van der Waals surface area contributed by atoms with E-state index in [9.17, 15) is 0 Å². The predicted octanol–water partition coefficient (Wildman–Crippen LogP) is 0.779. The monoisotopic (exact) mass is 164 g/mol. The highest BCUT2D eigenvalue weighted by molar-refractivity contribution is 5.39. The maximum Gasteiger partial charge on any atom is 0.293 e. The Bertz CT molecular complexity index is 390. The molecule has 5 heteroatoms. The molecule has 0 N–H and O–H groups in total. The molecule has 0 saturated carbocycles. The molecule has 0 aromatic carbocycles. The molecule has 0 aliphatic rings. The highest BCUT2D eigenvalue weighted by Crippen LogP contribution is 2.12. The summed E-state index contributed by atoms with van der Waals surface area (Å²) in [6.07, 6.45) is 3.52. The van der Waals surface area contributed by atoms with Crippen molar-refractivity contribution in [2.75, 3.05) is 0 Å². The van der Waals surface area contributed by atoms with Crippen molar-refractivity contribution in [1.29, 1.82) is 0 Å². The predicted molar refractivity (Wildman–Crippen MR) is 41.2 cm³/mol. The minimum absolute atomic E-state index is 0.458. The SMILES string of the molecule is Cc1noc(-c2nccn2C)n1. The summed E-state index contributed by atoms with van der Waals surface area (Å²) in [6.45, 7) is 1.77. The van der Waals surface area contributed by atoms with E-state index in [4.69, 9.17) is 4.52 Å². The average molecular weight is 164 g/mol. The van der Waals surface area contributed by atoms with E-state index in [0.717, 1.165) is 0 Å². The summed E-state index contributed by atoms with van der Waals surface area (Å²) in [5, 5.41) is 3.67. The van der Waals surface area contributed by atoms with E-state index in [0.29, 0.717) is 17.5 Å². The Morgan fingerprint density at radius 1 is 1.50 bits per heavy atom. The van der Waals surface area contributed by atoms with Crippen molar-refractivity contribution in [3.8, 4) is 11.7 Å². The van der Waals surface area contributed by atoms with Crippen molar-refractivity contribution in [3.05, 3.63) is 18.2 Å². The Hall–Kier alpha value is -1.65. The third kappa shape index (κ3) is 0.990. The Kier molecular flexibility index (Phi) is 1.43. The van der Waals surface area contributed by atoms with E-state index >= 15 is 0 Å². The highest BCUT2D eigenvalue weighted by Gasteiger charge is 2.09. The molecule has 0 amide bonds. The summed E-state index contributed by atoms with van der Waals surface area (Å²) < 4.78 is 6.77. The molecule has 0 fully saturated rings. The van der Waals surface area contributed by atoms with Crippen molar-refractivity contribution in [2.45, 2.75) is 6.92 Å². The Morgan fingerprint density at radius 2 is 2.33 bits per heavy atom. The molecule has 2 aromatic heterocycles. The van der Waals surface area contributed by atoms with Gasteiger partial charge in [-0.25, -0.2) is 4.98 Å². The second-order valence-corrected chi connectivity index (χ2v) is 2.51. The summed E-state index contributed by atoms with van der Waals surface area (Å²) in [6, 6.07) is 0. The number of rotatable bonds is 1. The number of aromatic nitrogens is 4. The maximum absolute atomic E-state index is 4.95. The van der Waals surface area contributed by atoms with Gasteiger partial charge in [0, 0.05) is 19.4 Å². The van der Waals surface area contributed by atoms with Crippen LogP contribution in [0.4, 0.5) is 0 Å². The summed E-state index contributed by atoms with van der Waals surface area (Å²) in [7, 11) is 1.88. The molecule has 2 heterocycles. The lowest BCUT2D eigenvalue weighted by Crippen LogP contribution is -1.90. The number of nitrogens with zero attached hydrogens (tertiary/aromatic N) is 4. The van der Waals surface area contributed by atoms with Gasteiger partial charge in [0.2, 0.25) is 0 Å². The zero-order valence-electron chi connectivity index (χ0n) is 6.85. The second-order valence-electron chi connectivity index (χ2n) is 2.51. The van der Waals surface area contributed by atoms with Crippen molar-refractivity contribution in [2.24, 2.45) is 7.05 Å². The molecule has 2 rings (SSSR count). The summed E-state index contributed by atoms with van der Waals surface area (Å²) in [4.78, 5) is 8.12. The molecule has 62 valence electrons. The maximum atomic E-state index is 4.95. The van der Waals surface area contributed by atoms with Gasteiger partial charge in [0.05, 0.1) is 0 Å². The van der Waals surface area contributed by atoms with Gasteiger partial charge >= 0.3 is 0 Å². The van der Waals surface area contributed by atoms with Crippen molar-refractivity contribution in [1.82, 2.24) is 19.7 Å². The molecule has 5 nitrogen and oxygen atoms in total. The van der Waals surface area contributed by atoms with Crippen LogP contribution in [0, 0.1) is 6.92 Å². The highest BCUT2D eigenvalue weighted by atomic mass is 16.5. The van der Waals surface area contributed by atoms with Gasteiger partial charge < -0.3 is 9.09 Å². The standard InChI is InChI=1S/C7H8N4O/c1-5-9-7(12-10-5)6-8-3-4-11(6)2/h3-4H,1-2H3. The van der Waals surface area contributed by atoms with Crippen LogP contribution in [0.15, 0.2) is 16.9 Å². The summed E-state index contributed by atoms with van der Waals surface area (Å²) >= 11 is 0. The third-order valence-electron chi connectivity index (χ3n) is 1.54. The zero-order chi connectivity index (χ0) is 8.55. The minimum atomic E-state index is 0.458. The fraction of sp³-hybridized carbons (Fsp3) is 0.286. The van der Waals surface area contributed by atoms with Gasteiger partial charge in [-0.05, 0) is 6.92 Å². The molecule has 0 aliphatic carbocycles. The van der Waals surface area contributed by atoms with Crippen LogP contribution in [0.2, 0.25) is 0 Å². The topological polar surface area (TPSA) is 56.7 Å². The quantitative estimate of drug-likeness (QED) is 0.624. The Labute approximate surface area is 69.0 Å². The van der Waals surface area contributed by atoms with E-state index in [1.165, 1.54) is 0 Å². The van der Waals surface area contributed by atoms with E-state index < -0.39 is 0 Å². The molecule has 0 spiro atoms. The van der Waals surface area contributed by atoms with Gasteiger partial charge in [-0.3, -0.25) is 0 Å². The lowest BCUT2D eigenvalue weighted by molar-refractivity contribution is 0.421. The number of hydrogen-bond donors (Lipinski definition) is 0. The van der Waals surface area contributed by atoms with Crippen LogP contribution in [0.5, 0.6) is 0 Å². The fourth-order valence-electron chi connectivity index (χ4n) is 0.960. The summed E-state index contributed by atoms with van der Waals surface area (Å²) in [5.41, 5.74) is 0. The molecule has 0 bridgehead atoms. The van der Waals surface area contributed by atoms with Gasteiger partial charge in [0.1, 0.15) is 0 Å². The van der Waals surface area contributed by atoms with Crippen LogP contribution in [0.3, 0.4) is 0 Å². The van der Waals surface area contributed by atoms with E-state index in [2.05, 4.69) is 15.1 Å². The largest absolute Gasteiger partial charge is 0.331 e. The van der Waals surface area contributed by atoms with Crippen LogP contribution in [0.25, 0.3) is 11.7 Å². The van der Waals surface area contributed by atoms with Gasteiger partial charge in [0.15, 0.2) is 11.6 Å². The molecular formula is C7H8N4O. The number of aryl methyl sites for hydroxylation is 2. The molecule has 0 unspecified atom stereocenters. The molecule has 0 radical (unpaired) electrons. The fourth-order valence-corrected chi connectivity index (χ4v) is 0.960. The first-order valence-electron chi connectivity index (χ1n) is 3.55. The van der Waals surface area contributed by atoms with Gasteiger partial charge in [0.25, 0.3) is 5.89 Å². The molecular weight excluding hydrogens is 156 g/mol. The Balaban J connectivity index is 2.50.